The summed E-state index contributed by atoms with van der Waals surface area (Å²) in [5.74, 6) is 1.43. The summed E-state index contributed by atoms with van der Waals surface area (Å²) in [7, 11) is 6.26. The van der Waals surface area contributed by atoms with Gasteiger partial charge in [0.2, 0.25) is 11.7 Å². The van der Waals surface area contributed by atoms with E-state index in [0.29, 0.717) is 35.4 Å². The lowest BCUT2D eigenvalue weighted by atomic mass is 10.1. The van der Waals surface area contributed by atoms with Crippen LogP contribution in [0, 0.1) is 0 Å². The van der Waals surface area contributed by atoms with Gasteiger partial charge in [-0.2, -0.15) is 0 Å². The van der Waals surface area contributed by atoms with E-state index >= 15 is 0 Å². The predicted molar refractivity (Wildman–Crippen MR) is 103 cm³/mol. The number of benzene rings is 1. The van der Waals surface area contributed by atoms with E-state index in [9.17, 15) is 4.79 Å². The molecule has 1 aromatic carbocycles. The second-order valence-corrected chi connectivity index (χ2v) is 5.94. The molecule has 1 rings (SSSR count). The monoisotopic (exact) mass is 385 g/mol. The fourth-order valence-electron chi connectivity index (χ4n) is 2.28. The second-order valence-electron chi connectivity index (χ2n) is 5.54. The lowest BCUT2D eigenvalue weighted by Crippen LogP contribution is -2.50. The zero-order chi connectivity index (χ0) is 19.5. The largest absolute Gasteiger partial charge is 0.493 e. The van der Waals surface area contributed by atoms with E-state index in [-0.39, 0.29) is 18.4 Å². The molecule has 0 radical (unpaired) electrons. The Morgan fingerprint density at radius 2 is 1.69 bits per heavy atom. The van der Waals surface area contributed by atoms with Gasteiger partial charge < -0.3 is 24.3 Å². The molecular formula is C17H27N3O5S. The maximum Gasteiger partial charge on any atom is 0.238 e. The lowest BCUT2D eigenvalue weighted by molar-refractivity contribution is -0.121. The van der Waals surface area contributed by atoms with Crippen molar-refractivity contribution in [3.05, 3.63) is 17.7 Å². The van der Waals surface area contributed by atoms with Gasteiger partial charge in [-0.1, -0.05) is 0 Å². The Morgan fingerprint density at radius 3 is 2.19 bits per heavy atom. The first-order valence-corrected chi connectivity index (χ1v) is 8.49. The van der Waals surface area contributed by atoms with Crippen LogP contribution in [-0.2, 0) is 16.0 Å². The molecule has 0 aliphatic heterocycles. The predicted octanol–water partition coefficient (Wildman–Crippen LogP) is 1.18. The highest BCUT2D eigenvalue weighted by molar-refractivity contribution is 7.80. The molecule has 0 heterocycles. The van der Waals surface area contributed by atoms with Crippen molar-refractivity contribution >= 4 is 23.2 Å². The molecule has 0 unspecified atom stereocenters. The van der Waals surface area contributed by atoms with E-state index in [1.54, 1.807) is 28.4 Å². The van der Waals surface area contributed by atoms with Gasteiger partial charge in [-0.25, -0.2) is 0 Å². The van der Waals surface area contributed by atoms with E-state index in [1.165, 1.54) is 0 Å². The standard InChI is InChI=1S/C17H27N3O5S/c1-11(10-22-2)18-17(26)20-19-15(21)7-6-12-8-13(23-3)16(25-5)14(9-12)24-4/h8-9,11H,6-7,10H2,1-5H3,(H,19,21)(H2,18,20,26)/t11-/m0/s1. The number of thiocarbonyl (C=S) groups is 1. The molecule has 0 saturated carbocycles. The summed E-state index contributed by atoms with van der Waals surface area (Å²) in [6, 6.07) is 3.68. The normalized spacial score (nSPS) is 11.3. The average Bonchev–Trinajstić information content (AvgIpc) is 2.63. The minimum absolute atomic E-state index is 0.0381. The zero-order valence-electron chi connectivity index (χ0n) is 15.8. The van der Waals surface area contributed by atoms with Crippen LogP contribution >= 0.6 is 12.2 Å². The number of aryl methyl sites for hydroxylation is 1. The Kier molecular flexibility index (Phi) is 9.53. The summed E-state index contributed by atoms with van der Waals surface area (Å²) in [5.41, 5.74) is 6.12. The van der Waals surface area contributed by atoms with Crippen LogP contribution in [0.5, 0.6) is 17.2 Å². The number of ether oxygens (including phenoxy) is 4. The van der Waals surface area contributed by atoms with Crippen molar-refractivity contribution in [2.24, 2.45) is 0 Å². The maximum absolute atomic E-state index is 12.0. The summed E-state index contributed by atoms with van der Waals surface area (Å²) in [5, 5.41) is 3.32. The summed E-state index contributed by atoms with van der Waals surface area (Å²) in [6.07, 6.45) is 0.770. The fourth-order valence-corrected chi connectivity index (χ4v) is 2.53. The van der Waals surface area contributed by atoms with Gasteiger partial charge in [-0.05, 0) is 43.3 Å². The number of hydrogen-bond donors (Lipinski definition) is 3. The third-order valence-corrected chi connectivity index (χ3v) is 3.69. The molecule has 0 aromatic heterocycles. The molecule has 1 aromatic rings. The molecule has 1 atom stereocenters. The molecule has 0 bridgehead atoms. The Hall–Kier alpha value is -2.26. The first-order valence-electron chi connectivity index (χ1n) is 8.08. The first-order chi connectivity index (χ1) is 12.4. The molecule has 1 amide bonds. The van der Waals surface area contributed by atoms with Crippen LogP contribution in [0.4, 0.5) is 0 Å². The number of methoxy groups -OCH3 is 4. The topological polar surface area (TPSA) is 90.1 Å². The molecular weight excluding hydrogens is 358 g/mol. The van der Waals surface area contributed by atoms with Gasteiger partial charge in [0.25, 0.3) is 0 Å². The first kappa shape index (κ1) is 21.8. The Balaban J connectivity index is 2.53. The molecule has 26 heavy (non-hydrogen) atoms. The van der Waals surface area contributed by atoms with Gasteiger partial charge in [0, 0.05) is 19.6 Å². The van der Waals surface area contributed by atoms with Gasteiger partial charge >= 0.3 is 0 Å². The fraction of sp³-hybridized carbons (Fsp3) is 0.529. The van der Waals surface area contributed by atoms with Crippen molar-refractivity contribution in [3.8, 4) is 17.2 Å². The van der Waals surface area contributed by atoms with Crippen molar-refractivity contribution in [1.29, 1.82) is 0 Å². The van der Waals surface area contributed by atoms with Gasteiger partial charge in [0.05, 0.1) is 27.9 Å². The molecule has 3 N–H and O–H groups in total. The maximum atomic E-state index is 12.0. The average molecular weight is 385 g/mol. The highest BCUT2D eigenvalue weighted by Crippen LogP contribution is 2.38. The third kappa shape index (κ3) is 6.93. The zero-order valence-corrected chi connectivity index (χ0v) is 16.6. The quantitative estimate of drug-likeness (QED) is 0.431. The Labute approximate surface area is 159 Å². The molecule has 9 heteroatoms. The summed E-state index contributed by atoms with van der Waals surface area (Å²) < 4.78 is 20.9. The van der Waals surface area contributed by atoms with E-state index in [2.05, 4.69) is 16.2 Å². The van der Waals surface area contributed by atoms with Crippen molar-refractivity contribution in [2.75, 3.05) is 35.0 Å². The van der Waals surface area contributed by atoms with E-state index in [0.717, 1.165) is 5.56 Å². The van der Waals surface area contributed by atoms with Crippen LogP contribution in [0.25, 0.3) is 0 Å². The van der Waals surface area contributed by atoms with Gasteiger partial charge in [0.1, 0.15) is 0 Å². The molecule has 146 valence electrons. The van der Waals surface area contributed by atoms with Crippen LogP contribution in [0.2, 0.25) is 0 Å². The van der Waals surface area contributed by atoms with Crippen LogP contribution in [0.15, 0.2) is 12.1 Å². The Morgan fingerprint density at radius 1 is 1.08 bits per heavy atom. The molecule has 8 nitrogen and oxygen atoms in total. The minimum atomic E-state index is -0.192. The van der Waals surface area contributed by atoms with E-state index in [4.69, 9.17) is 31.2 Å². The molecule has 0 spiro atoms. The Bertz CT molecular complexity index is 587. The van der Waals surface area contributed by atoms with Gasteiger partial charge in [-0.15, -0.1) is 0 Å². The number of hydrogen-bond acceptors (Lipinski definition) is 6. The third-order valence-electron chi connectivity index (χ3n) is 3.47. The van der Waals surface area contributed by atoms with Crippen LogP contribution in [-0.4, -0.2) is 52.1 Å². The number of hydrazine groups is 1. The van der Waals surface area contributed by atoms with Crippen molar-refractivity contribution in [3.63, 3.8) is 0 Å². The summed E-state index contributed by atoms with van der Waals surface area (Å²) >= 11 is 5.09. The number of nitrogens with one attached hydrogen (secondary N) is 3. The van der Waals surface area contributed by atoms with Crippen molar-refractivity contribution in [1.82, 2.24) is 16.2 Å². The number of carbonyl (C=O) groups excluding carboxylic acids is 1. The van der Waals surface area contributed by atoms with Crippen molar-refractivity contribution in [2.45, 2.75) is 25.8 Å². The SMILES string of the molecule is COC[C@H](C)NC(=S)NNC(=O)CCc1cc(OC)c(OC)c(OC)c1. The molecule has 0 fully saturated rings. The molecule has 0 aliphatic carbocycles. The number of amides is 1. The van der Waals surface area contributed by atoms with E-state index < -0.39 is 0 Å². The smallest absolute Gasteiger partial charge is 0.238 e. The molecule has 0 aliphatic rings. The van der Waals surface area contributed by atoms with Crippen LogP contribution in [0.3, 0.4) is 0 Å². The highest BCUT2D eigenvalue weighted by atomic mass is 32.1. The van der Waals surface area contributed by atoms with Gasteiger partial charge in [-0.3, -0.25) is 15.6 Å². The van der Waals surface area contributed by atoms with Crippen LogP contribution in [0.1, 0.15) is 18.9 Å². The second kappa shape index (κ2) is 11.4. The van der Waals surface area contributed by atoms with Crippen LogP contribution < -0.4 is 30.4 Å². The van der Waals surface area contributed by atoms with E-state index in [1.807, 2.05) is 19.1 Å². The lowest BCUT2D eigenvalue weighted by Gasteiger charge is -2.16. The minimum Gasteiger partial charge on any atom is -0.493 e. The van der Waals surface area contributed by atoms with Gasteiger partial charge in [0.15, 0.2) is 16.6 Å². The highest BCUT2D eigenvalue weighted by Gasteiger charge is 2.14. The van der Waals surface area contributed by atoms with Crippen molar-refractivity contribution < 1.29 is 23.7 Å². The summed E-state index contributed by atoms with van der Waals surface area (Å²) in [4.78, 5) is 12.0. The number of carbonyl (C=O) groups is 1. The molecule has 0 saturated heterocycles. The summed E-state index contributed by atoms with van der Waals surface area (Å²) in [6.45, 7) is 2.43. The number of rotatable bonds is 9.